The average molecular weight is 380 g/mol. The number of pyridine rings is 1. The molecular weight excluding hydrogens is 350 g/mol. The quantitative estimate of drug-likeness (QED) is 0.348. The highest BCUT2D eigenvalue weighted by Crippen LogP contribution is 2.18. The predicted molar refractivity (Wildman–Crippen MR) is 92.3 cm³/mol. The van der Waals surface area contributed by atoms with Gasteiger partial charge < -0.3 is 17.8 Å². The maximum Gasteiger partial charge on any atom is 0.501 e. The van der Waals surface area contributed by atoms with Crippen LogP contribution in [0.25, 0.3) is 0 Å². The van der Waals surface area contributed by atoms with Gasteiger partial charge in [0.15, 0.2) is 12.4 Å². The number of hydrogen-bond donors (Lipinski definition) is 0. The SMILES string of the molecule is CCO[Si](CCC[n+]1ccccc1)(OCC)OCC.CS(=O)(=O)[O-]. The van der Waals surface area contributed by atoms with E-state index in [1.54, 1.807) is 0 Å². The summed E-state index contributed by atoms with van der Waals surface area (Å²) in [5.74, 6) is 0. The van der Waals surface area contributed by atoms with Crippen LogP contribution in [0.4, 0.5) is 0 Å². The third-order valence-corrected chi connectivity index (χ3v) is 5.92. The van der Waals surface area contributed by atoms with Gasteiger partial charge in [0.25, 0.3) is 0 Å². The summed E-state index contributed by atoms with van der Waals surface area (Å²) in [5, 5.41) is 0. The van der Waals surface area contributed by atoms with Crippen LogP contribution in [0.2, 0.25) is 6.04 Å². The maximum absolute atomic E-state index is 9.08. The van der Waals surface area contributed by atoms with E-state index in [0.29, 0.717) is 26.1 Å². The Morgan fingerprint density at radius 1 is 0.958 bits per heavy atom. The van der Waals surface area contributed by atoms with E-state index in [1.165, 1.54) is 0 Å². The van der Waals surface area contributed by atoms with Crippen molar-refractivity contribution in [2.45, 2.75) is 39.8 Å². The summed E-state index contributed by atoms with van der Waals surface area (Å²) in [6, 6.07) is 6.97. The zero-order chi connectivity index (χ0) is 18.5. The van der Waals surface area contributed by atoms with E-state index >= 15 is 0 Å². The fourth-order valence-corrected chi connectivity index (χ4v) is 4.66. The van der Waals surface area contributed by atoms with Gasteiger partial charge >= 0.3 is 8.80 Å². The molecule has 1 aromatic rings. The Labute approximate surface area is 146 Å². The van der Waals surface area contributed by atoms with Crippen LogP contribution in [-0.2, 0) is 29.9 Å². The molecule has 0 saturated carbocycles. The highest BCUT2D eigenvalue weighted by Gasteiger charge is 2.40. The summed E-state index contributed by atoms with van der Waals surface area (Å²) in [6.45, 7) is 8.87. The van der Waals surface area contributed by atoms with Gasteiger partial charge in [0, 0.05) is 50.7 Å². The van der Waals surface area contributed by atoms with Crippen molar-refractivity contribution in [3.8, 4) is 0 Å². The first-order valence-corrected chi connectivity index (χ1v) is 11.8. The molecule has 0 bridgehead atoms. The lowest BCUT2D eigenvalue weighted by atomic mass is 10.4. The van der Waals surface area contributed by atoms with E-state index in [0.717, 1.165) is 19.0 Å². The number of aromatic nitrogens is 1. The molecule has 0 aliphatic carbocycles. The van der Waals surface area contributed by atoms with Crippen LogP contribution in [0, 0.1) is 0 Å². The molecule has 7 nitrogen and oxygen atoms in total. The van der Waals surface area contributed by atoms with Crippen molar-refractivity contribution >= 4 is 18.9 Å². The van der Waals surface area contributed by atoms with Crippen LogP contribution in [0.1, 0.15) is 27.2 Å². The summed E-state index contributed by atoms with van der Waals surface area (Å²) in [6.07, 6.45) is 5.75. The van der Waals surface area contributed by atoms with E-state index < -0.39 is 18.9 Å². The third-order valence-electron chi connectivity index (χ3n) is 2.77. The molecule has 0 aromatic carbocycles. The minimum atomic E-state index is -3.92. The number of hydrogen-bond acceptors (Lipinski definition) is 6. The Hall–Kier alpha value is -0.843. The van der Waals surface area contributed by atoms with Crippen LogP contribution in [-0.4, -0.2) is 47.9 Å². The van der Waals surface area contributed by atoms with Crippen molar-refractivity contribution in [2.75, 3.05) is 26.1 Å². The Balaban J connectivity index is 0.000000922. The van der Waals surface area contributed by atoms with Gasteiger partial charge in [-0.1, -0.05) is 6.07 Å². The molecule has 0 unspecified atom stereocenters. The molecule has 1 heterocycles. The molecule has 0 saturated heterocycles. The topological polar surface area (TPSA) is 88.8 Å². The minimum Gasteiger partial charge on any atom is -0.748 e. The Morgan fingerprint density at radius 2 is 1.38 bits per heavy atom. The fraction of sp³-hybridized carbons (Fsp3) is 0.667. The zero-order valence-corrected chi connectivity index (χ0v) is 16.8. The summed E-state index contributed by atoms with van der Waals surface area (Å²) in [7, 11) is -6.38. The Bertz CT molecular complexity index is 501. The standard InChI is InChI=1S/C14H26NO3Si.CH4O3S/c1-4-16-19(17-5-2,18-6-3)14-10-13-15-11-8-7-9-12-15;1-5(2,3)4/h7-9,11-12H,4-6,10,13-14H2,1-3H3;1H3,(H,2,3,4)/q+1;/p-1. The van der Waals surface area contributed by atoms with Crippen molar-refractivity contribution < 1.29 is 30.8 Å². The molecule has 0 amide bonds. The third kappa shape index (κ3) is 12.6. The molecular formula is C15H29NO6SSi. The second kappa shape index (κ2) is 12.5. The van der Waals surface area contributed by atoms with Crippen molar-refractivity contribution in [3.63, 3.8) is 0 Å². The summed E-state index contributed by atoms with van der Waals surface area (Å²) in [5.41, 5.74) is 0. The van der Waals surface area contributed by atoms with Gasteiger partial charge in [-0.05, 0) is 20.8 Å². The van der Waals surface area contributed by atoms with Crippen molar-refractivity contribution in [1.29, 1.82) is 0 Å². The Morgan fingerprint density at radius 3 is 1.75 bits per heavy atom. The van der Waals surface area contributed by atoms with Gasteiger partial charge in [-0.15, -0.1) is 0 Å². The van der Waals surface area contributed by atoms with Gasteiger partial charge in [0.2, 0.25) is 0 Å². The van der Waals surface area contributed by atoms with Gasteiger partial charge in [-0.2, -0.15) is 0 Å². The lowest BCUT2D eigenvalue weighted by Gasteiger charge is -2.28. The van der Waals surface area contributed by atoms with Crippen LogP contribution in [0.5, 0.6) is 0 Å². The smallest absolute Gasteiger partial charge is 0.501 e. The normalized spacial score (nSPS) is 11.7. The molecule has 0 N–H and O–H groups in total. The lowest BCUT2D eigenvalue weighted by Crippen LogP contribution is -2.46. The first-order chi connectivity index (χ1) is 11.3. The maximum atomic E-state index is 9.08. The molecule has 0 spiro atoms. The van der Waals surface area contributed by atoms with Crippen LogP contribution < -0.4 is 4.57 Å². The first kappa shape index (κ1) is 23.2. The zero-order valence-electron chi connectivity index (χ0n) is 14.9. The van der Waals surface area contributed by atoms with Crippen molar-refractivity contribution in [2.24, 2.45) is 0 Å². The highest BCUT2D eigenvalue weighted by molar-refractivity contribution is 7.84. The largest absolute Gasteiger partial charge is 0.748 e. The van der Waals surface area contributed by atoms with Crippen molar-refractivity contribution in [1.82, 2.24) is 0 Å². The first-order valence-electron chi connectivity index (χ1n) is 8.03. The molecule has 0 atom stereocenters. The molecule has 0 aliphatic rings. The number of aryl methyl sites for hydroxylation is 1. The second-order valence-corrected chi connectivity index (χ2v) is 9.04. The summed E-state index contributed by atoms with van der Waals surface area (Å²) < 4.78 is 46.9. The highest BCUT2D eigenvalue weighted by atomic mass is 32.2. The summed E-state index contributed by atoms with van der Waals surface area (Å²) >= 11 is 0. The van der Waals surface area contributed by atoms with Gasteiger partial charge in [-0.25, -0.2) is 13.0 Å². The monoisotopic (exact) mass is 379 g/mol. The van der Waals surface area contributed by atoms with Crippen LogP contribution in [0.15, 0.2) is 30.6 Å². The fourth-order valence-electron chi connectivity index (χ4n) is 2.06. The van der Waals surface area contributed by atoms with Crippen molar-refractivity contribution in [3.05, 3.63) is 30.6 Å². The minimum absolute atomic E-state index is 0.604. The van der Waals surface area contributed by atoms with E-state index in [9.17, 15) is 0 Å². The van der Waals surface area contributed by atoms with E-state index in [-0.39, 0.29) is 0 Å². The number of nitrogens with zero attached hydrogens (tertiary/aromatic N) is 1. The molecule has 0 radical (unpaired) electrons. The van der Waals surface area contributed by atoms with Crippen LogP contribution in [0.3, 0.4) is 0 Å². The van der Waals surface area contributed by atoms with Crippen LogP contribution >= 0.6 is 0 Å². The molecule has 1 aromatic heterocycles. The molecule has 1 rings (SSSR count). The van der Waals surface area contributed by atoms with Gasteiger partial charge in [0.1, 0.15) is 6.54 Å². The Kier molecular flexibility index (Phi) is 12.1. The average Bonchev–Trinajstić information content (AvgIpc) is 2.47. The molecule has 9 heteroatoms. The number of rotatable bonds is 10. The van der Waals surface area contributed by atoms with E-state index in [1.807, 2.05) is 39.0 Å². The van der Waals surface area contributed by atoms with E-state index in [2.05, 4.69) is 17.0 Å². The second-order valence-electron chi connectivity index (χ2n) is 4.90. The molecule has 0 aliphatic heterocycles. The van der Waals surface area contributed by atoms with Gasteiger partial charge in [-0.3, -0.25) is 0 Å². The van der Waals surface area contributed by atoms with Gasteiger partial charge in [0.05, 0.1) is 10.1 Å². The van der Waals surface area contributed by atoms with E-state index in [4.69, 9.17) is 26.2 Å². The summed E-state index contributed by atoms with van der Waals surface area (Å²) in [4.78, 5) is 0. The molecule has 0 fully saturated rings. The lowest BCUT2D eigenvalue weighted by molar-refractivity contribution is -0.697. The molecule has 140 valence electrons. The molecule has 24 heavy (non-hydrogen) atoms. The predicted octanol–water partition coefficient (Wildman–Crippen LogP) is 1.57.